The minimum Gasteiger partial charge on any atom is -0.444 e. The molecule has 1 aromatic rings. The maximum Gasteiger partial charge on any atom is 0.407 e. The molecule has 0 aliphatic carbocycles. The quantitative estimate of drug-likeness (QED) is 0.927. The number of nitrogens with zero attached hydrogens (tertiary/aromatic N) is 2. The molecule has 1 amide bonds. The zero-order valence-electron chi connectivity index (χ0n) is 13.8. The molecule has 1 aliphatic heterocycles. The molecule has 1 fully saturated rings. The average Bonchev–Trinajstić information content (AvgIpc) is 2.47. The molecule has 0 atom stereocenters. The lowest BCUT2D eigenvalue weighted by Gasteiger charge is -2.36. The summed E-state index contributed by atoms with van der Waals surface area (Å²) in [6, 6.07) is 10.5. The lowest BCUT2D eigenvalue weighted by atomic mass is 10.2. The topological polar surface area (TPSA) is 44.8 Å². The predicted octanol–water partition coefficient (Wildman–Crippen LogP) is 2.33. The molecule has 1 heterocycles. The number of carbonyl (C=O) groups is 1. The summed E-state index contributed by atoms with van der Waals surface area (Å²) in [6.07, 6.45) is -0.338. The molecule has 0 radical (unpaired) electrons. The van der Waals surface area contributed by atoms with Crippen molar-refractivity contribution in [1.82, 2.24) is 10.2 Å². The summed E-state index contributed by atoms with van der Waals surface area (Å²) in [7, 11) is 0. The van der Waals surface area contributed by atoms with Gasteiger partial charge in [0.05, 0.1) is 0 Å². The van der Waals surface area contributed by atoms with E-state index >= 15 is 0 Å². The van der Waals surface area contributed by atoms with E-state index in [1.807, 2.05) is 26.8 Å². The van der Waals surface area contributed by atoms with E-state index in [0.29, 0.717) is 6.54 Å². The van der Waals surface area contributed by atoms with Gasteiger partial charge in [-0.1, -0.05) is 18.2 Å². The van der Waals surface area contributed by atoms with Crippen LogP contribution in [0.4, 0.5) is 10.5 Å². The minimum absolute atomic E-state index is 0.338. The number of benzene rings is 1. The summed E-state index contributed by atoms with van der Waals surface area (Å²) < 4.78 is 5.23. The third-order valence-corrected chi connectivity index (χ3v) is 3.59. The molecular weight excluding hydrogens is 278 g/mol. The SMILES string of the molecule is CC(C)(C)OC(=O)NCCN1CCN(c2ccccc2)CC1. The first-order valence-corrected chi connectivity index (χ1v) is 7.93. The van der Waals surface area contributed by atoms with E-state index in [2.05, 4.69) is 39.4 Å². The molecule has 5 heteroatoms. The summed E-state index contributed by atoms with van der Waals surface area (Å²) in [5, 5.41) is 2.81. The number of anilines is 1. The summed E-state index contributed by atoms with van der Waals surface area (Å²) in [4.78, 5) is 16.3. The van der Waals surface area contributed by atoms with E-state index in [1.54, 1.807) is 0 Å². The normalized spacial score (nSPS) is 16.4. The van der Waals surface area contributed by atoms with Gasteiger partial charge in [0.2, 0.25) is 0 Å². The van der Waals surface area contributed by atoms with Gasteiger partial charge >= 0.3 is 6.09 Å². The van der Waals surface area contributed by atoms with Crippen molar-refractivity contribution in [3.05, 3.63) is 30.3 Å². The molecule has 122 valence electrons. The van der Waals surface area contributed by atoms with Crippen LogP contribution in [-0.4, -0.2) is 55.9 Å². The van der Waals surface area contributed by atoms with Gasteiger partial charge in [-0.3, -0.25) is 4.90 Å². The number of alkyl carbamates (subject to hydrolysis) is 1. The highest BCUT2D eigenvalue weighted by molar-refractivity contribution is 5.67. The first-order chi connectivity index (χ1) is 10.4. The van der Waals surface area contributed by atoms with Crippen LogP contribution in [0.3, 0.4) is 0 Å². The van der Waals surface area contributed by atoms with E-state index in [9.17, 15) is 4.79 Å². The molecule has 0 bridgehead atoms. The fraction of sp³-hybridized carbons (Fsp3) is 0.588. The van der Waals surface area contributed by atoms with E-state index < -0.39 is 5.60 Å². The molecule has 2 rings (SSSR count). The van der Waals surface area contributed by atoms with Crippen LogP contribution < -0.4 is 10.2 Å². The fourth-order valence-electron chi connectivity index (χ4n) is 2.50. The van der Waals surface area contributed by atoms with Gasteiger partial charge in [0.15, 0.2) is 0 Å². The molecule has 1 aromatic carbocycles. The third kappa shape index (κ3) is 5.56. The van der Waals surface area contributed by atoms with E-state index in [4.69, 9.17) is 4.74 Å². The van der Waals surface area contributed by atoms with Gasteiger partial charge in [0.25, 0.3) is 0 Å². The van der Waals surface area contributed by atoms with Crippen molar-refractivity contribution in [3.8, 4) is 0 Å². The highest BCUT2D eigenvalue weighted by atomic mass is 16.6. The van der Waals surface area contributed by atoms with Gasteiger partial charge in [0, 0.05) is 45.0 Å². The van der Waals surface area contributed by atoms with Gasteiger partial charge in [-0.25, -0.2) is 4.79 Å². The maximum absolute atomic E-state index is 11.6. The van der Waals surface area contributed by atoms with Crippen LogP contribution >= 0.6 is 0 Å². The second kappa shape index (κ2) is 7.49. The standard InChI is InChI=1S/C17H27N3O2/c1-17(2,3)22-16(21)18-9-10-19-11-13-20(14-12-19)15-7-5-4-6-8-15/h4-8H,9-14H2,1-3H3,(H,18,21). The number of piperazine rings is 1. The molecule has 0 spiro atoms. The van der Waals surface area contributed by atoms with Crippen LogP contribution in [0.2, 0.25) is 0 Å². The lowest BCUT2D eigenvalue weighted by molar-refractivity contribution is 0.0521. The molecule has 0 unspecified atom stereocenters. The number of rotatable bonds is 4. The van der Waals surface area contributed by atoms with Crippen molar-refractivity contribution in [3.63, 3.8) is 0 Å². The molecule has 22 heavy (non-hydrogen) atoms. The average molecular weight is 305 g/mol. The Morgan fingerprint density at radius 1 is 1.14 bits per heavy atom. The Labute approximate surface area is 133 Å². The Hall–Kier alpha value is -1.75. The van der Waals surface area contributed by atoms with Crippen molar-refractivity contribution in [2.24, 2.45) is 0 Å². The summed E-state index contributed by atoms with van der Waals surface area (Å²) in [6.45, 7) is 11.2. The van der Waals surface area contributed by atoms with E-state index in [1.165, 1.54) is 5.69 Å². The molecule has 1 N–H and O–H groups in total. The predicted molar refractivity (Wildman–Crippen MR) is 89.3 cm³/mol. The molecular formula is C17H27N3O2. The first-order valence-electron chi connectivity index (χ1n) is 7.93. The Morgan fingerprint density at radius 3 is 2.36 bits per heavy atom. The smallest absolute Gasteiger partial charge is 0.407 e. The van der Waals surface area contributed by atoms with Crippen molar-refractivity contribution >= 4 is 11.8 Å². The van der Waals surface area contributed by atoms with Crippen LogP contribution in [0.25, 0.3) is 0 Å². The molecule has 0 saturated carbocycles. The Kier molecular flexibility index (Phi) is 5.66. The van der Waals surface area contributed by atoms with Crippen molar-refractivity contribution in [2.45, 2.75) is 26.4 Å². The van der Waals surface area contributed by atoms with Crippen LogP contribution in [0.5, 0.6) is 0 Å². The number of hydrogen-bond donors (Lipinski definition) is 1. The number of ether oxygens (including phenoxy) is 1. The lowest BCUT2D eigenvalue weighted by Crippen LogP contribution is -2.48. The number of para-hydroxylation sites is 1. The maximum atomic E-state index is 11.6. The molecule has 5 nitrogen and oxygen atoms in total. The number of amides is 1. The van der Waals surface area contributed by atoms with Gasteiger partial charge in [0.1, 0.15) is 5.60 Å². The van der Waals surface area contributed by atoms with E-state index in [0.717, 1.165) is 32.7 Å². The number of carbonyl (C=O) groups excluding carboxylic acids is 1. The summed E-state index contributed by atoms with van der Waals surface area (Å²) in [5.74, 6) is 0. The fourth-order valence-corrected chi connectivity index (χ4v) is 2.50. The van der Waals surface area contributed by atoms with Crippen molar-refractivity contribution in [2.75, 3.05) is 44.2 Å². The van der Waals surface area contributed by atoms with Gasteiger partial charge < -0.3 is 15.0 Å². The minimum atomic E-state index is -0.439. The second-order valence-electron chi connectivity index (χ2n) is 6.59. The zero-order chi connectivity index (χ0) is 16.0. The zero-order valence-corrected chi connectivity index (χ0v) is 13.8. The van der Waals surface area contributed by atoms with Crippen LogP contribution in [-0.2, 0) is 4.74 Å². The van der Waals surface area contributed by atoms with Crippen molar-refractivity contribution in [1.29, 1.82) is 0 Å². The monoisotopic (exact) mass is 305 g/mol. The summed E-state index contributed by atoms with van der Waals surface area (Å²) in [5.41, 5.74) is 0.847. The van der Waals surface area contributed by atoms with E-state index in [-0.39, 0.29) is 6.09 Å². The first kappa shape index (κ1) is 16.6. The Morgan fingerprint density at radius 2 is 1.77 bits per heavy atom. The number of nitrogens with one attached hydrogen (secondary N) is 1. The highest BCUT2D eigenvalue weighted by Gasteiger charge is 2.18. The third-order valence-electron chi connectivity index (χ3n) is 3.59. The van der Waals surface area contributed by atoms with Gasteiger partial charge in [-0.15, -0.1) is 0 Å². The molecule has 1 saturated heterocycles. The van der Waals surface area contributed by atoms with Crippen LogP contribution in [0, 0.1) is 0 Å². The largest absolute Gasteiger partial charge is 0.444 e. The van der Waals surface area contributed by atoms with Crippen LogP contribution in [0.15, 0.2) is 30.3 Å². The Balaban J connectivity index is 1.65. The molecule has 1 aliphatic rings. The molecule has 0 aromatic heterocycles. The van der Waals surface area contributed by atoms with Crippen molar-refractivity contribution < 1.29 is 9.53 Å². The second-order valence-corrected chi connectivity index (χ2v) is 6.59. The van der Waals surface area contributed by atoms with Gasteiger partial charge in [-0.2, -0.15) is 0 Å². The highest BCUT2D eigenvalue weighted by Crippen LogP contribution is 2.15. The summed E-state index contributed by atoms with van der Waals surface area (Å²) >= 11 is 0. The Bertz CT molecular complexity index is 463. The van der Waals surface area contributed by atoms with Gasteiger partial charge in [-0.05, 0) is 32.9 Å². The number of hydrogen-bond acceptors (Lipinski definition) is 4. The van der Waals surface area contributed by atoms with Crippen LogP contribution in [0.1, 0.15) is 20.8 Å².